The third kappa shape index (κ3) is 3.76. The number of aromatic nitrogens is 4. The van der Waals surface area contributed by atoms with Crippen molar-refractivity contribution in [1.82, 2.24) is 19.5 Å². The van der Waals surface area contributed by atoms with E-state index >= 15 is 0 Å². The summed E-state index contributed by atoms with van der Waals surface area (Å²) in [5.41, 5.74) is 8.53. The van der Waals surface area contributed by atoms with Gasteiger partial charge in [-0.25, -0.2) is 15.0 Å². The summed E-state index contributed by atoms with van der Waals surface area (Å²) >= 11 is 7.68. The molecule has 0 saturated carbocycles. The van der Waals surface area contributed by atoms with Gasteiger partial charge in [0.05, 0.1) is 12.9 Å². The third-order valence-electron chi connectivity index (χ3n) is 3.44. The lowest BCUT2D eigenvalue weighted by Crippen LogP contribution is -2.02. The van der Waals surface area contributed by atoms with E-state index in [1.807, 2.05) is 28.8 Å². The smallest absolute Gasteiger partial charge is 0.191 e. The summed E-state index contributed by atoms with van der Waals surface area (Å²) in [5.74, 6) is 1.42. The first-order valence-electron chi connectivity index (χ1n) is 7.53. The zero-order chi connectivity index (χ0) is 16.2. The average molecular weight is 348 g/mol. The first-order chi connectivity index (χ1) is 11.2. The molecule has 0 radical (unpaired) electrons. The number of anilines is 1. The third-order valence-corrected chi connectivity index (χ3v) is 4.61. The lowest BCUT2D eigenvalue weighted by molar-refractivity contribution is 0.804. The van der Waals surface area contributed by atoms with Crippen LogP contribution in [0.2, 0.25) is 5.02 Å². The van der Waals surface area contributed by atoms with E-state index in [2.05, 4.69) is 21.9 Å². The number of nitrogens with zero attached hydrogens (tertiary/aromatic N) is 4. The normalized spacial score (nSPS) is 11.2. The van der Waals surface area contributed by atoms with E-state index in [0.29, 0.717) is 23.0 Å². The van der Waals surface area contributed by atoms with Gasteiger partial charge in [0.2, 0.25) is 0 Å². The molecule has 0 aliphatic rings. The molecule has 0 amide bonds. The van der Waals surface area contributed by atoms with Crippen LogP contribution in [0.3, 0.4) is 0 Å². The molecule has 0 aliphatic carbocycles. The minimum absolute atomic E-state index is 0.429. The fourth-order valence-corrected chi connectivity index (χ4v) is 3.41. The highest BCUT2D eigenvalue weighted by Gasteiger charge is 2.12. The Morgan fingerprint density at radius 2 is 2.17 bits per heavy atom. The maximum atomic E-state index is 6.05. The molecule has 23 heavy (non-hydrogen) atoms. The SMILES string of the molecule is CCCCSc1nc(N)c2ncn(Cc3cccc(Cl)c3)c2n1. The molecule has 0 atom stereocenters. The van der Waals surface area contributed by atoms with E-state index < -0.39 is 0 Å². The molecule has 3 rings (SSSR count). The largest absolute Gasteiger partial charge is 0.382 e. The molecule has 2 aromatic heterocycles. The van der Waals surface area contributed by atoms with Crippen LogP contribution in [0.25, 0.3) is 11.2 Å². The van der Waals surface area contributed by atoms with Gasteiger partial charge in [-0.3, -0.25) is 0 Å². The van der Waals surface area contributed by atoms with Crippen molar-refractivity contribution in [2.75, 3.05) is 11.5 Å². The van der Waals surface area contributed by atoms with Crippen LogP contribution in [0.5, 0.6) is 0 Å². The number of hydrogen-bond donors (Lipinski definition) is 1. The molecule has 0 fully saturated rings. The van der Waals surface area contributed by atoms with E-state index in [0.717, 1.165) is 34.8 Å². The van der Waals surface area contributed by atoms with Crippen molar-refractivity contribution < 1.29 is 0 Å². The summed E-state index contributed by atoms with van der Waals surface area (Å²) in [7, 11) is 0. The summed E-state index contributed by atoms with van der Waals surface area (Å²) in [5, 5.41) is 1.42. The van der Waals surface area contributed by atoms with Crippen LogP contribution in [0.4, 0.5) is 5.82 Å². The van der Waals surface area contributed by atoms with E-state index in [4.69, 9.17) is 17.3 Å². The minimum atomic E-state index is 0.429. The van der Waals surface area contributed by atoms with Gasteiger partial charge in [0.15, 0.2) is 16.6 Å². The van der Waals surface area contributed by atoms with Gasteiger partial charge in [-0.15, -0.1) is 0 Å². The number of rotatable bonds is 6. The summed E-state index contributed by atoms with van der Waals surface area (Å²) in [4.78, 5) is 13.3. The Bertz CT molecular complexity index is 817. The molecular weight excluding hydrogens is 330 g/mol. The van der Waals surface area contributed by atoms with Crippen LogP contribution in [0.1, 0.15) is 25.3 Å². The standard InChI is InChI=1S/C16H18ClN5S/c1-2-3-7-23-16-20-14(18)13-15(21-16)22(10-19-13)9-11-5-4-6-12(17)8-11/h4-6,8,10H,2-3,7,9H2,1H3,(H2,18,20,21). The van der Waals surface area contributed by atoms with Crippen molar-refractivity contribution in [3.8, 4) is 0 Å². The Morgan fingerprint density at radius 3 is 2.96 bits per heavy atom. The Hall–Kier alpha value is -1.79. The molecule has 120 valence electrons. The minimum Gasteiger partial charge on any atom is -0.382 e. The van der Waals surface area contributed by atoms with Gasteiger partial charge >= 0.3 is 0 Å². The zero-order valence-electron chi connectivity index (χ0n) is 12.9. The molecule has 1 aromatic carbocycles. The van der Waals surface area contributed by atoms with E-state index in [1.54, 1.807) is 18.1 Å². The average Bonchev–Trinajstić information content (AvgIpc) is 2.91. The Balaban J connectivity index is 1.91. The summed E-state index contributed by atoms with van der Waals surface area (Å²) in [6, 6.07) is 7.76. The fourth-order valence-electron chi connectivity index (χ4n) is 2.27. The predicted molar refractivity (Wildman–Crippen MR) is 95.9 cm³/mol. The first-order valence-corrected chi connectivity index (χ1v) is 8.89. The summed E-state index contributed by atoms with van der Waals surface area (Å²) in [6.45, 7) is 2.81. The van der Waals surface area contributed by atoms with Crippen molar-refractivity contribution in [2.24, 2.45) is 0 Å². The summed E-state index contributed by atoms with van der Waals surface area (Å²) in [6.07, 6.45) is 4.03. The van der Waals surface area contributed by atoms with E-state index in [1.165, 1.54) is 0 Å². The number of halogens is 1. The van der Waals surface area contributed by atoms with Crippen LogP contribution in [0, 0.1) is 0 Å². The lowest BCUT2D eigenvalue weighted by Gasteiger charge is -2.06. The highest BCUT2D eigenvalue weighted by atomic mass is 35.5. The molecule has 3 aromatic rings. The Labute approximate surface area is 144 Å². The maximum Gasteiger partial charge on any atom is 0.191 e. The molecule has 2 N–H and O–H groups in total. The lowest BCUT2D eigenvalue weighted by atomic mass is 10.2. The molecule has 0 bridgehead atoms. The van der Waals surface area contributed by atoms with Crippen LogP contribution in [0.15, 0.2) is 35.7 Å². The van der Waals surface area contributed by atoms with Gasteiger partial charge in [0, 0.05) is 10.8 Å². The van der Waals surface area contributed by atoms with Gasteiger partial charge in [-0.1, -0.05) is 48.8 Å². The van der Waals surface area contributed by atoms with Gasteiger partial charge in [-0.2, -0.15) is 0 Å². The van der Waals surface area contributed by atoms with E-state index in [9.17, 15) is 0 Å². The number of benzene rings is 1. The topological polar surface area (TPSA) is 69.6 Å². The monoisotopic (exact) mass is 347 g/mol. The van der Waals surface area contributed by atoms with Crippen LogP contribution < -0.4 is 5.73 Å². The Morgan fingerprint density at radius 1 is 1.30 bits per heavy atom. The van der Waals surface area contributed by atoms with Gasteiger partial charge in [0.25, 0.3) is 0 Å². The van der Waals surface area contributed by atoms with Crippen LogP contribution in [-0.2, 0) is 6.54 Å². The van der Waals surface area contributed by atoms with Crippen molar-refractivity contribution in [3.63, 3.8) is 0 Å². The molecule has 0 aliphatic heterocycles. The molecule has 7 heteroatoms. The van der Waals surface area contributed by atoms with Crippen molar-refractivity contribution >= 4 is 40.3 Å². The number of nitrogens with two attached hydrogens (primary N) is 1. The van der Waals surface area contributed by atoms with Crippen LogP contribution >= 0.6 is 23.4 Å². The molecule has 0 unspecified atom stereocenters. The molecule has 2 heterocycles. The number of thioether (sulfide) groups is 1. The predicted octanol–water partition coefficient (Wildman–Crippen LogP) is 4.00. The second kappa shape index (κ2) is 7.19. The molecule has 5 nitrogen and oxygen atoms in total. The summed E-state index contributed by atoms with van der Waals surface area (Å²) < 4.78 is 1.98. The molecule has 0 saturated heterocycles. The second-order valence-electron chi connectivity index (χ2n) is 5.27. The number of nitrogen functional groups attached to an aromatic ring is 1. The van der Waals surface area contributed by atoms with Crippen LogP contribution in [-0.4, -0.2) is 25.3 Å². The second-order valence-corrected chi connectivity index (χ2v) is 6.77. The van der Waals surface area contributed by atoms with Gasteiger partial charge in [0.1, 0.15) is 5.52 Å². The number of imidazole rings is 1. The van der Waals surface area contributed by atoms with Crippen molar-refractivity contribution in [3.05, 3.63) is 41.2 Å². The number of fused-ring (bicyclic) bond motifs is 1. The van der Waals surface area contributed by atoms with E-state index in [-0.39, 0.29) is 0 Å². The van der Waals surface area contributed by atoms with Crippen molar-refractivity contribution in [2.45, 2.75) is 31.5 Å². The fraction of sp³-hybridized carbons (Fsp3) is 0.312. The highest BCUT2D eigenvalue weighted by Crippen LogP contribution is 2.23. The zero-order valence-corrected chi connectivity index (χ0v) is 14.4. The highest BCUT2D eigenvalue weighted by molar-refractivity contribution is 7.99. The molecule has 0 spiro atoms. The molecular formula is C16H18ClN5S. The maximum absolute atomic E-state index is 6.05. The quantitative estimate of drug-likeness (QED) is 0.414. The van der Waals surface area contributed by atoms with Gasteiger partial charge in [-0.05, 0) is 24.1 Å². The van der Waals surface area contributed by atoms with Gasteiger partial charge < -0.3 is 10.3 Å². The first kappa shape index (κ1) is 16.1. The van der Waals surface area contributed by atoms with Crippen molar-refractivity contribution in [1.29, 1.82) is 0 Å². The number of hydrogen-bond acceptors (Lipinski definition) is 5. The Kier molecular flexibility index (Phi) is 5.03. The number of unbranched alkanes of at least 4 members (excludes halogenated alkanes) is 1.